The van der Waals surface area contributed by atoms with E-state index in [1.165, 1.54) is 70.9 Å². The maximum Gasteiger partial charge on any atom is 0.192 e. The molecule has 106 valence electrons. The van der Waals surface area contributed by atoms with Gasteiger partial charge in [0.25, 0.3) is 0 Å². The number of hydrogen-bond donors (Lipinski definition) is 1. The van der Waals surface area contributed by atoms with Crippen LogP contribution in [-0.4, -0.2) is 25.4 Å². The van der Waals surface area contributed by atoms with E-state index in [0.717, 1.165) is 24.3 Å². The maximum atomic E-state index is 12.9. The van der Waals surface area contributed by atoms with E-state index in [4.69, 9.17) is 0 Å². The van der Waals surface area contributed by atoms with Gasteiger partial charge in [0.2, 0.25) is 0 Å². The largest absolute Gasteiger partial charge is 0.329 e. The Morgan fingerprint density at radius 2 is 1.42 bits per heavy atom. The van der Waals surface area contributed by atoms with E-state index in [1.807, 2.05) is 0 Å². The maximum absolute atomic E-state index is 12.9. The van der Waals surface area contributed by atoms with Crippen molar-refractivity contribution in [2.75, 3.05) is 19.6 Å². The molecule has 2 heteroatoms. The van der Waals surface area contributed by atoms with Crippen molar-refractivity contribution in [3.05, 3.63) is 0 Å². The third-order valence-corrected chi connectivity index (χ3v) is 6.60. The Morgan fingerprint density at radius 1 is 0.895 bits per heavy atom. The zero-order valence-electron chi connectivity index (χ0n) is 12.1. The zero-order chi connectivity index (χ0) is 12.9. The lowest BCUT2D eigenvalue weighted by Crippen LogP contribution is -3.13. The fraction of sp³-hybridized carbons (Fsp3) is 0.941. The second kappa shape index (κ2) is 4.58. The van der Waals surface area contributed by atoms with Crippen molar-refractivity contribution in [3.8, 4) is 0 Å². The topological polar surface area (TPSA) is 21.5 Å². The monoisotopic (exact) mass is 262 g/mol. The Labute approximate surface area is 116 Å². The quantitative estimate of drug-likeness (QED) is 0.823. The van der Waals surface area contributed by atoms with Crippen LogP contribution in [-0.2, 0) is 4.79 Å². The Bertz CT molecular complexity index is 334. The number of nitrogens with one attached hydrogen (secondary N) is 1. The Hall–Kier alpha value is -0.370. The molecule has 19 heavy (non-hydrogen) atoms. The Morgan fingerprint density at radius 3 is 1.95 bits per heavy atom. The highest BCUT2D eigenvalue weighted by molar-refractivity contribution is 5.86. The van der Waals surface area contributed by atoms with Crippen molar-refractivity contribution in [3.63, 3.8) is 0 Å². The summed E-state index contributed by atoms with van der Waals surface area (Å²) in [5.74, 6) is 3.38. The summed E-state index contributed by atoms with van der Waals surface area (Å²) in [4.78, 5) is 14.5. The minimum atomic E-state index is 0.152. The lowest BCUT2D eigenvalue weighted by Gasteiger charge is -2.55. The number of carbonyl (C=O) groups is 1. The Balaban J connectivity index is 1.47. The van der Waals surface area contributed by atoms with Gasteiger partial charge in [0.1, 0.15) is 6.54 Å². The number of hydrogen-bond acceptors (Lipinski definition) is 1. The van der Waals surface area contributed by atoms with Crippen molar-refractivity contribution >= 4 is 5.78 Å². The average molecular weight is 262 g/mol. The van der Waals surface area contributed by atoms with Crippen molar-refractivity contribution in [2.45, 2.75) is 57.8 Å². The molecule has 1 aliphatic heterocycles. The third kappa shape index (κ3) is 2.16. The highest BCUT2D eigenvalue weighted by Gasteiger charge is 2.54. The normalized spacial score (nSPS) is 45.6. The molecule has 5 aliphatic rings. The molecular weight excluding hydrogens is 234 g/mol. The van der Waals surface area contributed by atoms with Gasteiger partial charge in [-0.3, -0.25) is 4.79 Å². The van der Waals surface area contributed by atoms with Gasteiger partial charge in [0.15, 0.2) is 5.78 Å². The summed E-state index contributed by atoms with van der Waals surface area (Å²) in [6.45, 7) is 3.35. The summed E-state index contributed by atoms with van der Waals surface area (Å²) in [5.41, 5.74) is 0.152. The first-order valence-electron chi connectivity index (χ1n) is 8.60. The number of rotatable bonds is 3. The van der Waals surface area contributed by atoms with E-state index >= 15 is 0 Å². The molecular formula is C17H28NO+. The summed E-state index contributed by atoms with van der Waals surface area (Å²) < 4.78 is 0. The molecule has 0 atom stereocenters. The molecule has 0 radical (unpaired) electrons. The molecule has 2 nitrogen and oxygen atoms in total. The number of ketones is 1. The van der Waals surface area contributed by atoms with Crippen LogP contribution in [0.1, 0.15) is 57.8 Å². The first kappa shape index (κ1) is 12.4. The highest BCUT2D eigenvalue weighted by atomic mass is 16.1. The molecule has 0 aromatic rings. The van der Waals surface area contributed by atoms with Gasteiger partial charge in [-0.15, -0.1) is 0 Å². The molecule has 0 amide bonds. The predicted octanol–water partition coefficient (Wildman–Crippen LogP) is 1.84. The van der Waals surface area contributed by atoms with Crippen LogP contribution >= 0.6 is 0 Å². The van der Waals surface area contributed by atoms with Gasteiger partial charge in [-0.05, 0) is 75.5 Å². The summed E-state index contributed by atoms with van der Waals surface area (Å²) in [7, 11) is 0. The fourth-order valence-corrected chi connectivity index (χ4v) is 6.10. The van der Waals surface area contributed by atoms with Crippen LogP contribution in [0.15, 0.2) is 0 Å². The molecule has 4 aliphatic carbocycles. The van der Waals surface area contributed by atoms with Gasteiger partial charge in [0.05, 0.1) is 13.1 Å². The van der Waals surface area contributed by atoms with Gasteiger partial charge in [-0.25, -0.2) is 0 Å². The lowest BCUT2D eigenvalue weighted by molar-refractivity contribution is -0.897. The van der Waals surface area contributed by atoms with Crippen molar-refractivity contribution < 1.29 is 9.69 Å². The summed E-state index contributed by atoms with van der Waals surface area (Å²) in [5, 5.41) is 0. The molecule has 0 spiro atoms. The molecule has 0 aromatic heterocycles. The van der Waals surface area contributed by atoms with Gasteiger partial charge >= 0.3 is 0 Å². The minimum Gasteiger partial charge on any atom is -0.329 e. The van der Waals surface area contributed by atoms with Crippen LogP contribution in [0.25, 0.3) is 0 Å². The molecule has 1 heterocycles. The number of likely N-dealkylation sites (tertiary alicyclic amines) is 1. The smallest absolute Gasteiger partial charge is 0.192 e. The van der Waals surface area contributed by atoms with Gasteiger partial charge in [0, 0.05) is 5.41 Å². The summed E-state index contributed by atoms with van der Waals surface area (Å²) in [6, 6.07) is 0. The standard InChI is InChI=1S/C17H27NO/c19-16(12-18-4-2-1-3-5-18)17-9-13-6-14(10-17)8-15(7-13)11-17/h13-15H,1-12H2/p+1. The van der Waals surface area contributed by atoms with Gasteiger partial charge in [-0.2, -0.15) is 0 Å². The van der Waals surface area contributed by atoms with E-state index in [1.54, 1.807) is 4.90 Å². The van der Waals surface area contributed by atoms with Gasteiger partial charge in [-0.1, -0.05) is 0 Å². The van der Waals surface area contributed by atoms with E-state index in [-0.39, 0.29) is 5.41 Å². The van der Waals surface area contributed by atoms with Crippen LogP contribution in [0.2, 0.25) is 0 Å². The van der Waals surface area contributed by atoms with Crippen LogP contribution in [0.5, 0.6) is 0 Å². The van der Waals surface area contributed by atoms with Crippen molar-refractivity contribution in [1.82, 2.24) is 0 Å². The zero-order valence-corrected chi connectivity index (χ0v) is 12.1. The first-order chi connectivity index (χ1) is 9.23. The molecule has 0 aromatic carbocycles. The second-order valence-electron chi connectivity index (χ2n) is 8.11. The number of Topliss-reactive ketones (excluding diaryl/α,β-unsaturated/α-hetero) is 1. The lowest BCUT2D eigenvalue weighted by atomic mass is 9.48. The van der Waals surface area contributed by atoms with E-state index in [2.05, 4.69) is 0 Å². The average Bonchev–Trinajstić information content (AvgIpc) is 2.38. The SMILES string of the molecule is O=C(C[NH+]1CCCCC1)C12CC3CC(CC(C3)C1)C2. The molecule has 4 saturated carbocycles. The predicted molar refractivity (Wildman–Crippen MR) is 75.0 cm³/mol. The van der Waals surface area contributed by atoms with Crippen LogP contribution in [0.4, 0.5) is 0 Å². The van der Waals surface area contributed by atoms with Crippen molar-refractivity contribution in [2.24, 2.45) is 23.2 Å². The molecule has 4 bridgehead atoms. The van der Waals surface area contributed by atoms with Crippen molar-refractivity contribution in [1.29, 1.82) is 0 Å². The Kier molecular flexibility index (Phi) is 2.98. The fourth-order valence-electron chi connectivity index (χ4n) is 6.10. The number of piperidine rings is 1. The van der Waals surface area contributed by atoms with Gasteiger partial charge < -0.3 is 4.90 Å². The van der Waals surface area contributed by atoms with E-state index in [0.29, 0.717) is 5.78 Å². The molecule has 0 unspecified atom stereocenters. The van der Waals surface area contributed by atoms with E-state index < -0.39 is 0 Å². The first-order valence-corrected chi connectivity index (χ1v) is 8.60. The van der Waals surface area contributed by atoms with Crippen LogP contribution in [0.3, 0.4) is 0 Å². The number of quaternary nitrogens is 1. The summed E-state index contributed by atoms with van der Waals surface area (Å²) in [6.07, 6.45) is 12.2. The van der Waals surface area contributed by atoms with E-state index in [9.17, 15) is 4.79 Å². The highest BCUT2D eigenvalue weighted by Crippen LogP contribution is 2.60. The second-order valence-corrected chi connectivity index (χ2v) is 8.11. The molecule has 1 saturated heterocycles. The molecule has 5 fully saturated rings. The van der Waals surface area contributed by atoms with Crippen LogP contribution in [0, 0.1) is 23.2 Å². The summed E-state index contributed by atoms with van der Waals surface area (Å²) >= 11 is 0. The molecule has 5 rings (SSSR count). The number of carbonyl (C=O) groups excluding carboxylic acids is 1. The molecule has 1 N–H and O–H groups in total. The minimum absolute atomic E-state index is 0.152. The van der Waals surface area contributed by atoms with Crippen LogP contribution < -0.4 is 4.90 Å². The third-order valence-electron chi connectivity index (χ3n) is 6.60.